The molecule has 1 unspecified atom stereocenters. The minimum atomic E-state index is -3.08. The minimum Gasteiger partial charge on any atom is -0.483 e. The smallest absolute Gasteiger partial charge is 0.290 e. The van der Waals surface area contributed by atoms with E-state index in [1.165, 1.54) is 0 Å². The van der Waals surface area contributed by atoms with Gasteiger partial charge in [0.15, 0.2) is 9.84 Å². The standard InChI is InChI=1S/C17H20N4O4S.CH2O2/c22-16(13-4-7-26(24,25)11-13)20-9-12-3-6-18-14(8-12)10-21-17(23)15-2-1-5-19-15;2-1-3/h1-3,5-6,8,13,19H,4,7,9-11H2,(H,20,22)(H,21,23);1H,(H,2,3). The Bertz CT molecular complexity index is 943. The lowest BCUT2D eigenvalue weighted by molar-refractivity contribution is -0.124. The molecule has 1 atom stereocenters. The van der Waals surface area contributed by atoms with E-state index in [1.54, 1.807) is 36.7 Å². The number of carboxylic acid groups (broad SMARTS) is 1. The lowest BCUT2D eigenvalue weighted by Gasteiger charge is -2.10. The Morgan fingerprint density at radius 2 is 2.03 bits per heavy atom. The molecule has 2 amide bonds. The van der Waals surface area contributed by atoms with Crippen molar-refractivity contribution >= 4 is 28.1 Å². The van der Waals surface area contributed by atoms with Gasteiger partial charge < -0.3 is 20.7 Å². The van der Waals surface area contributed by atoms with Crippen molar-refractivity contribution in [3.05, 3.63) is 53.6 Å². The number of nitrogens with one attached hydrogen (secondary N) is 3. The number of amides is 2. The predicted molar refractivity (Wildman–Crippen MR) is 104 cm³/mol. The van der Waals surface area contributed by atoms with E-state index in [-0.39, 0.29) is 42.9 Å². The summed E-state index contributed by atoms with van der Waals surface area (Å²) in [6, 6.07) is 6.98. The Hall–Kier alpha value is -3.21. The van der Waals surface area contributed by atoms with Crippen LogP contribution in [0.2, 0.25) is 0 Å². The Kier molecular flexibility index (Phi) is 7.89. The van der Waals surface area contributed by atoms with E-state index in [4.69, 9.17) is 9.90 Å². The molecule has 2 aromatic rings. The zero-order valence-electron chi connectivity index (χ0n) is 15.5. The molecule has 156 valence electrons. The number of hydrogen-bond acceptors (Lipinski definition) is 6. The number of aromatic amines is 1. The molecule has 0 saturated carbocycles. The molecule has 1 saturated heterocycles. The molecule has 0 spiro atoms. The first-order chi connectivity index (χ1) is 13.8. The van der Waals surface area contributed by atoms with Crippen LogP contribution in [0.1, 0.15) is 28.2 Å². The SMILES string of the molecule is O=C(NCc1cc(CNC(=O)C2CCS(=O)(=O)C2)ccn1)c1ccc[nH]1.O=CO. The molecule has 3 heterocycles. The number of rotatable bonds is 6. The monoisotopic (exact) mass is 422 g/mol. The molecule has 0 radical (unpaired) electrons. The third-order valence-electron chi connectivity index (χ3n) is 4.22. The van der Waals surface area contributed by atoms with E-state index in [2.05, 4.69) is 20.6 Å². The van der Waals surface area contributed by atoms with Gasteiger partial charge in [0.2, 0.25) is 5.91 Å². The lowest BCUT2D eigenvalue weighted by Crippen LogP contribution is -2.31. The predicted octanol–water partition coefficient (Wildman–Crippen LogP) is 0.0914. The quantitative estimate of drug-likeness (QED) is 0.480. The van der Waals surface area contributed by atoms with Crippen molar-refractivity contribution in [2.24, 2.45) is 5.92 Å². The summed E-state index contributed by atoms with van der Waals surface area (Å²) < 4.78 is 22.9. The highest BCUT2D eigenvalue weighted by Crippen LogP contribution is 2.18. The van der Waals surface area contributed by atoms with Crippen molar-refractivity contribution in [1.29, 1.82) is 0 Å². The molecule has 11 heteroatoms. The maximum absolute atomic E-state index is 12.1. The molecule has 0 bridgehead atoms. The maximum Gasteiger partial charge on any atom is 0.290 e. The van der Waals surface area contributed by atoms with E-state index in [0.29, 0.717) is 17.8 Å². The first-order valence-electron chi connectivity index (χ1n) is 8.76. The number of H-pyrrole nitrogens is 1. The van der Waals surface area contributed by atoms with Crippen LogP contribution in [0.25, 0.3) is 0 Å². The van der Waals surface area contributed by atoms with Gasteiger partial charge in [0.05, 0.1) is 29.7 Å². The van der Waals surface area contributed by atoms with Crippen molar-refractivity contribution in [3.8, 4) is 0 Å². The second-order valence-electron chi connectivity index (χ2n) is 6.35. The van der Waals surface area contributed by atoms with Crippen LogP contribution in [-0.2, 0) is 32.5 Å². The van der Waals surface area contributed by atoms with Crippen molar-refractivity contribution in [2.45, 2.75) is 19.5 Å². The highest BCUT2D eigenvalue weighted by Gasteiger charge is 2.32. The summed E-state index contributed by atoms with van der Waals surface area (Å²) in [7, 11) is -3.08. The Labute approximate surface area is 167 Å². The van der Waals surface area contributed by atoms with Gasteiger partial charge in [0.1, 0.15) is 5.69 Å². The summed E-state index contributed by atoms with van der Waals surface area (Å²) >= 11 is 0. The molecule has 2 aromatic heterocycles. The molecular formula is C18H22N4O6S. The molecule has 10 nitrogen and oxygen atoms in total. The van der Waals surface area contributed by atoms with Crippen LogP contribution >= 0.6 is 0 Å². The van der Waals surface area contributed by atoms with Gasteiger partial charge in [-0.15, -0.1) is 0 Å². The maximum atomic E-state index is 12.1. The van der Waals surface area contributed by atoms with Gasteiger partial charge in [-0.3, -0.25) is 19.4 Å². The van der Waals surface area contributed by atoms with Crippen LogP contribution in [0, 0.1) is 5.92 Å². The van der Waals surface area contributed by atoms with Gasteiger partial charge in [0, 0.05) is 18.9 Å². The summed E-state index contributed by atoms with van der Waals surface area (Å²) in [6.07, 6.45) is 3.66. The largest absolute Gasteiger partial charge is 0.483 e. The Balaban J connectivity index is 0.000000941. The van der Waals surface area contributed by atoms with E-state index in [1.807, 2.05) is 0 Å². The summed E-state index contributed by atoms with van der Waals surface area (Å²) in [6.45, 7) is 0.302. The van der Waals surface area contributed by atoms with Crippen LogP contribution in [0.15, 0.2) is 36.7 Å². The average Bonchev–Trinajstić information content (AvgIpc) is 3.35. The van der Waals surface area contributed by atoms with Crippen LogP contribution in [0.3, 0.4) is 0 Å². The summed E-state index contributed by atoms with van der Waals surface area (Å²) in [5, 5.41) is 12.4. The van der Waals surface area contributed by atoms with Gasteiger partial charge in [-0.25, -0.2) is 8.42 Å². The minimum absolute atomic E-state index is 0.0744. The topological polar surface area (TPSA) is 158 Å². The average molecular weight is 422 g/mol. The number of hydrogen-bond donors (Lipinski definition) is 4. The van der Waals surface area contributed by atoms with Gasteiger partial charge in [-0.05, 0) is 36.2 Å². The number of carbonyl (C=O) groups is 3. The fourth-order valence-electron chi connectivity index (χ4n) is 2.81. The van der Waals surface area contributed by atoms with Crippen molar-refractivity contribution in [2.75, 3.05) is 11.5 Å². The fraction of sp³-hybridized carbons (Fsp3) is 0.333. The number of sulfone groups is 1. The number of carbonyl (C=O) groups excluding carboxylic acids is 2. The first kappa shape index (κ1) is 22.1. The Morgan fingerprint density at radius 3 is 2.66 bits per heavy atom. The van der Waals surface area contributed by atoms with Crippen molar-refractivity contribution in [3.63, 3.8) is 0 Å². The molecule has 3 rings (SSSR count). The molecule has 0 aliphatic carbocycles. The van der Waals surface area contributed by atoms with Crippen molar-refractivity contribution in [1.82, 2.24) is 20.6 Å². The third kappa shape index (κ3) is 7.03. The highest BCUT2D eigenvalue weighted by atomic mass is 32.2. The van der Waals surface area contributed by atoms with Gasteiger partial charge in [0.25, 0.3) is 12.4 Å². The summed E-state index contributed by atoms with van der Waals surface area (Å²) in [4.78, 5) is 39.4. The van der Waals surface area contributed by atoms with E-state index < -0.39 is 15.8 Å². The van der Waals surface area contributed by atoms with Gasteiger partial charge >= 0.3 is 0 Å². The number of nitrogens with zero attached hydrogens (tertiary/aromatic N) is 1. The lowest BCUT2D eigenvalue weighted by atomic mass is 10.1. The number of aromatic nitrogens is 2. The van der Waals surface area contributed by atoms with E-state index in [0.717, 1.165) is 5.56 Å². The van der Waals surface area contributed by atoms with Gasteiger partial charge in [-0.1, -0.05) is 0 Å². The second kappa shape index (κ2) is 10.4. The fourth-order valence-corrected chi connectivity index (χ4v) is 4.55. The zero-order chi connectivity index (χ0) is 21.3. The molecule has 1 fully saturated rings. The van der Waals surface area contributed by atoms with Crippen LogP contribution in [-0.4, -0.2) is 53.3 Å². The summed E-state index contributed by atoms with van der Waals surface area (Å²) in [5.41, 5.74) is 1.97. The van der Waals surface area contributed by atoms with Crippen LogP contribution < -0.4 is 10.6 Å². The first-order valence-corrected chi connectivity index (χ1v) is 10.6. The van der Waals surface area contributed by atoms with Gasteiger partial charge in [-0.2, -0.15) is 0 Å². The van der Waals surface area contributed by atoms with Crippen LogP contribution in [0.4, 0.5) is 0 Å². The van der Waals surface area contributed by atoms with Crippen LogP contribution in [0.5, 0.6) is 0 Å². The van der Waals surface area contributed by atoms with E-state index in [9.17, 15) is 18.0 Å². The molecule has 1 aliphatic heterocycles. The second-order valence-corrected chi connectivity index (χ2v) is 8.57. The molecule has 0 aromatic carbocycles. The highest BCUT2D eigenvalue weighted by molar-refractivity contribution is 7.91. The Morgan fingerprint density at radius 1 is 1.28 bits per heavy atom. The summed E-state index contributed by atoms with van der Waals surface area (Å²) in [5.74, 6) is -0.945. The molecule has 29 heavy (non-hydrogen) atoms. The third-order valence-corrected chi connectivity index (χ3v) is 5.99. The molecule has 1 aliphatic rings. The van der Waals surface area contributed by atoms with Crippen molar-refractivity contribution < 1.29 is 27.9 Å². The normalized spacial score (nSPS) is 16.9. The van der Waals surface area contributed by atoms with E-state index >= 15 is 0 Å². The molecular weight excluding hydrogens is 400 g/mol. The number of pyridine rings is 1. The molecule has 4 N–H and O–H groups in total. The zero-order valence-corrected chi connectivity index (χ0v) is 16.3.